The van der Waals surface area contributed by atoms with Crippen LogP contribution >= 0.6 is 0 Å². The standard InChI is InChI=1S/C13H22N4/c1-10(14)8-17(2)13-11-6-4-3-5-7-12(11)15-9-16-13/h9-10H,3-8,14H2,1-2H3. The van der Waals surface area contributed by atoms with Gasteiger partial charge in [0.2, 0.25) is 0 Å². The average molecular weight is 234 g/mol. The van der Waals surface area contributed by atoms with Crippen molar-refractivity contribution in [3.63, 3.8) is 0 Å². The molecule has 0 amide bonds. The van der Waals surface area contributed by atoms with Crippen LogP contribution in [0.1, 0.15) is 37.4 Å². The van der Waals surface area contributed by atoms with Crippen LogP contribution in [0.4, 0.5) is 5.82 Å². The first-order chi connectivity index (χ1) is 8.18. The van der Waals surface area contributed by atoms with Crippen molar-refractivity contribution in [2.75, 3.05) is 18.5 Å². The van der Waals surface area contributed by atoms with Crippen LogP contribution in [0, 0.1) is 0 Å². The molecule has 2 rings (SSSR count). The van der Waals surface area contributed by atoms with Gasteiger partial charge in [0.25, 0.3) is 0 Å². The van der Waals surface area contributed by atoms with Gasteiger partial charge in [-0.3, -0.25) is 0 Å². The van der Waals surface area contributed by atoms with Crippen LogP contribution in [0.5, 0.6) is 0 Å². The Kier molecular flexibility index (Phi) is 3.94. The molecule has 1 aromatic heterocycles. The van der Waals surface area contributed by atoms with Crippen LogP contribution in [-0.4, -0.2) is 29.6 Å². The molecule has 0 fully saturated rings. The van der Waals surface area contributed by atoms with E-state index in [0.29, 0.717) is 0 Å². The number of nitrogens with two attached hydrogens (primary N) is 1. The van der Waals surface area contributed by atoms with E-state index in [1.165, 1.54) is 30.5 Å². The molecular formula is C13H22N4. The van der Waals surface area contributed by atoms with E-state index in [1.54, 1.807) is 6.33 Å². The van der Waals surface area contributed by atoms with Gasteiger partial charge in [0.15, 0.2) is 0 Å². The number of nitrogens with zero attached hydrogens (tertiary/aromatic N) is 3. The summed E-state index contributed by atoms with van der Waals surface area (Å²) >= 11 is 0. The van der Waals surface area contributed by atoms with Gasteiger partial charge in [-0.05, 0) is 32.6 Å². The number of fused-ring (bicyclic) bond motifs is 1. The number of anilines is 1. The minimum Gasteiger partial charge on any atom is -0.358 e. The van der Waals surface area contributed by atoms with Gasteiger partial charge in [0, 0.05) is 30.9 Å². The number of aryl methyl sites for hydroxylation is 1. The molecule has 0 spiro atoms. The zero-order chi connectivity index (χ0) is 12.3. The molecule has 0 aliphatic heterocycles. The second-order valence-corrected chi connectivity index (χ2v) is 5.04. The minimum absolute atomic E-state index is 0.163. The number of rotatable bonds is 3. The summed E-state index contributed by atoms with van der Waals surface area (Å²) in [6.45, 7) is 2.86. The number of hydrogen-bond acceptors (Lipinski definition) is 4. The van der Waals surface area contributed by atoms with E-state index in [9.17, 15) is 0 Å². The summed E-state index contributed by atoms with van der Waals surface area (Å²) < 4.78 is 0. The molecule has 17 heavy (non-hydrogen) atoms. The third kappa shape index (κ3) is 2.94. The molecule has 1 heterocycles. The van der Waals surface area contributed by atoms with Gasteiger partial charge in [0.1, 0.15) is 12.1 Å². The van der Waals surface area contributed by atoms with Crippen LogP contribution in [-0.2, 0) is 12.8 Å². The van der Waals surface area contributed by atoms with Gasteiger partial charge < -0.3 is 10.6 Å². The fraction of sp³-hybridized carbons (Fsp3) is 0.692. The van der Waals surface area contributed by atoms with Crippen molar-refractivity contribution in [2.24, 2.45) is 5.73 Å². The Balaban J connectivity index is 2.27. The van der Waals surface area contributed by atoms with Crippen molar-refractivity contribution in [3.8, 4) is 0 Å². The predicted octanol–water partition coefficient (Wildman–Crippen LogP) is 1.53. The summed E-state index contributed by atoms with van der Waals surface area (Å²) in [4.78, 5) is 11.0. The van der Waals surface area contributed by atoms with Crippen LogP contribution in [0.2, 0.25) is 0 Å². The first-order valence-electron chi connectivity index (χ1n) is 6.48. The molecule has 0 saturated carbocycles. The third-order valence-corrected chi connectivity index (χ3v) is 3.28. The molecule has 4 nitrogen and oxygen atoms in total. The highest BCUT2D eigenvalue weighted by Gasteiger charge is 2.17. The normalized spacial score (nSPS) is 17.1. The molecule has 1 aliphatic rings. The van der Waals surface area contributed by atoms with Crippen molar-refractivity contribution < 1.29 is 0 Å². The van der Waals surface area contributed by atoms with Gasteiger partial charge >= 0.3 is 0 Å². The van der Waals surface area contributed by atoms with E-state index in [4.69, 9.17) is 5.73 Å². The molecule has 94 valence electrons. The first-order valence-corrected chi connectivity index (χ1v) is 6.48. The average Bonchev–Trinajstić information content (AvgIpc) is 2.52. The maximum atomic E-state index is 5.85. The smallest absolute Gasteiger partial charge is 0.135 e. The van der Waals surface area contributed by atoms with E-state index < -0.39 is 0 Å². The summed E-state index contributed by atoms with van der Waals surface area (Å²) in [7, 11) is 2.07. The zero-order valence-corrected chi connectivity index (χ0v) is 10.8. The van der Waals surface area contributed by atoms with E-state index in [0.717, 1.165) is 25.2 Å². The van der Waals surface area contributed by atoms with Crippen LogP contribution in [0.3, 0.4) is 0 Å². The summed E-state index contributed by atoms with van der Waals surface area (Å²) in [5.41, 5.74) is 8.43. The monoisotopic (exact) mass is 234 g/mol. The minimum atomic E-state index is 0.163. The highest BCUT2D eigenvalue weighted by Crippen LogP contribution is 2.25. The third-order valence-electron chi connectivity index (χ3n) is 3.28. The largest absolute Gasteiger partial charge is 0.358 e. The van der Waals surface area contributed by atoms with Gasteiger partial charge in [-0.25, -0.2) is 9.97 Å². The van der Waals surface area contributed by atoms with E-state index in [-0.39, 0.29) is 6.04 Å². The van der Waals surface area contributed by atoms with Crippen LogP contribution in [0.25, 0.3) is 0 Å². The first kappa shape index (κ1) is 12.3. The van der Waals surface area contributed by atoms with Crippen molar-refractivity contribution in [1.82, 2.24) is 9.97 Å². The maximum Gasteiger partial charge on any atom is 0.135 e. The molecule has 0 saturated heterocycles. The second-order valence-electron chi connectivity index (χ2n) is 5.04. The summed E-state index contributed by atoms with van der Waals surface area (Å²) in [5.74, 6) is 1.08. The number of likely N-dealkylation sites (N-methyl/N-ethyl adjacent to an activating group) is 1. The maximum absolute atomic E-state index is 5.85. The van der Waals surface area contributed by atoms with Gasteiger partial charge in [-0.15, -0.1) is 0 Å². The molecule has 1 unspecified atom stereocenters. The Bertz CT molecular complexity index is 376. The van der Waals surface area contributed by atoms with E-state index in [2.05, 4.69) is 21.9 Å². The van der Waals surface area contributed by atoms with E-state index in [1.807, 2.05) is 6.92 Å². The summed E-state index contributed by atoms with van der Waals surface area (Å²) in [6, 6.07) is 0.163. The lowest BCUT2D eigenvalue weighted by atomic mass is 10.1. The Morgan fingerprint density at radius 1 is 1.29 bits per heavy atom. The van der Waals surface area contributed by atoms with Crippen LogP contribution in [0.15, 0.2) is 6.33 Å². The van der Waals surface area contributed by atoms with Crippen molar-refractivity contribution in [2.45, 2.75) is 45.1 Å². The second kappa shape index (κ2) is 5.45. The lowest BCUT2D eigenvalue weighted by Gasteiger charge is -2.23. The lowest BCUT2D eigenvalue weighted by Crippen LogP contribution is -2.34. The number of hydrogen-bond donors (Lipinski definition) is 1. The van der Waals surface area contributed by atoms with Gasteiger partial charge in [-0.1, -0.05) is 6.42 Å². The highest BCUT2D eigenvalue weighted by atomic mass is 15.2. The molecule has 1 aliphatic carbocycles. The number of aromatic nitrogens is 2. The fourth-order valence-corrected chi connectivity index (χ4v) is 2.53. The predicted molar refractivity (Wildman–Crippen MR) is 70.2 cm³/mol. The quantitative estimate of drug-likeness (QED) is 0.806. The Morgan fingerprint density at radius 2 is 2.06 bits per heavy atom. The molecule has 1 aromatic rings. The van der Waals surface area contributed by atoms with Crippen LogP contribution < -0.4 is 10.6 Å². The SMILES string of the molecule is CC(N)CN(C)c1ncnc2c1CCCCC2. The molecule has 0 aromatic carbocycles. The molecule has 0 radical (unpaired) electrons. The highest BCUT2D eigenvalue weighted by molar-refractivity contribution is 5.48. The molecule has 0 bridgehead atoms. The van der Waals surface area contributed by atoms with Crippen molar-refractivity contribution >= 4 is 5.82 Å². The summed E-state index contributed by atoms with van der Waals surface area (Å²) in [5, 5.41) is 0. The lowest BCUT2D eigenvalue weighted by molar-refractivity contribution is 0.700. The molecule has 4 heteroatoms. The van der Waals surface area contributed by atoms with Gasteiger partial charge in [-0.2, -0.15) is 0 Å². The molecule has 2 N–H and O–H groups in total. The zero-order valence-electron chi connectivity index (χ0n) is 10.8. The molecular weight excluding hydrogens is 212 g/mol. The Hall–Kier alpha value is -1.16. The summed E-state index contributed by atoms with van der Waals surface area (Å²) in [6.07, 6.45) is 7.69. The topological polar surface area (TPSA) is 55.0 Å². The van der Waals surface area contributed by atoms with Gasteiger partial charge in [0.05, 0.1) is 0 Å². The fourth-order valence-electron chi connectivity index (χ4n) is 2.53. The Labute approximate surface area is 103 Å². The Morgan fingerprint density at radius 3 is 2.82 bits per heavy atom. The van der Waals surface area contributed by atoms with Crippen molar-refractivity contribution in [3.05, 3.63) is 17.6 Å². The van der Waals surface area contributed by atoms with Crippen molar-refractivity contribution in [1.29, 1.82) is 0 Å². The molecule has 1 atom stereocenters. The van der Waals surface area contributed by atoms with E-state index >= 15 is 0 Å².